The third-order valence-electron chi connectivity index (χ3n) is 3.95. The zero-order chi connectivity index (χ0) is 17.4. The maximum absolute atomic E-state index is 12.3. The van der Waals surface area contributed by atoms with Crippen molar-refractivity contribution in [3.63, 3.8) is 0 Å². The largest absolute Gasteiger partial charge is 0.466 e. The van der Waals surface area contributed by atoms with E-state index in [0.717, 1.165) is 46.2 Å². The molecule has 1 aromatic carbocycles. The lowest BCUT2D eigenvalue weighted by molar-refractivity contribution is -0.143. The molecular weight excluding hydrogens is 322 g/mol. The average Bonchev–Trinajstić information content (AvgIpc) is 2.91. The van der Waals surface area contributed by atoms with E-state index in [1.165, 1.54) is 0 Å². The van der Waals surface area contributed by atoms with Gasteiger partial charge in [-0.15, -0.1) is 11.3 Å². The van der Waals surface area contributed by atoms with Gasteiger partial charge in [0.1, 0.15) is 0 Å². The molecule has 2 rings (SSSR count). The Balaban J connectivity index is 1.68. The van der Waals surface area contributed by atoms with E-state index in [1.807, 2.05) is 32.0 Å². The highest BCUT2D eigenvalue weighted by atomic mass is 32.1. The monoisotopic (exact) mass is 347 g/mol. The van der Waals surface area contributed by atoms with Crippen molar-refractivity contribution in [3.05, 3.63) is 34.7 Å². The van der Waals surface area contributed by atoms with Gasteiger partial charge in [0.05, 0.1) is 11.5 Å². The number of carbonyl (C=O) groups excluding carboxylic acids is 2. The highest BCUT2D eigenvalue weighted by Crippen LogP contribution is 2.30. The Bertz CT molecular complexity index is 693. The third kappa shape index (κ3) is 5.06. The van der Waals surface area contributed by atoms with Gasteiger partial charge in [-0.05, 0) is 43.7 Å². The van der Waals surface area contributed by atoms with Crippen LogP contribution >= 0.6 is 11.3 Å². The molecule has 0 unspecified atom stereocenters. The molecule has 0 radical (unpaired) electrons. The molecule has 0 saturated heterocycles. The van der Waals surface area contributed by atoms with Gasteiger partial charge in [-0.1, -0.05) is 31.0 Å². The molecular formula is C19H25NO3S. The highest BCUT2D eigenvalue weighted by molar-refractivity contribution is 7.21. The number of amides is 1. The summed E-state index contributed by atoms with van der Waals surface area (Å²) < 4.78 is 6.04. The predicted octanol–water partition coefficient (Wildman–Crippen LogP) is 4.45. The van der Waals surface area contributed by atoms with Gasteiger partial charge in [-0.3, -0.25) is 9.59 Å². The fourth-order valence-electron chi connectivity index (χ4n) is 2.65. The number of fused-ring (bicyclic) bond motifs is 1. The van der Waals surface area contributed by atoms with Crippen LogP contribution in [0.4, 0.5) is 0 Å². The van der Waals surface area contributed by atoms with Gasteiger partial charge < -0.3 is 10.1 Å². The molecule has 0 spiro atoms. The molecule has 1 aromatic heterocycles. The first kappa shape index (κ1) is 18.5. The minimum Gasteiger partial charge on any atom is -0.466 e. The number of ether oxygens (including phenoxy) is 1. The molecule has 24 heavy (non-hydrogen) atoms. The number of thiophene rings is 1. The zero-order valence-electron chi connectivity index (χ0n) is 14.4. The number of benzene rings is 1. The lowest BCUT2D eigenvalue weighted by Crippen LogP contribution is -2.24. The highest BCUT2D eigenvalue weighted by Gasteiger charge is 2.14. The van der Waals surface area contributed by atoms with E-state index >= 15 is 0 Å². The number of aryl methyl sites for hydroxylation is 1. The smallest absolute Gasteiger partial charge is 0.305 e. The molecule has 1 heterocycles. The number of unbranched alkanes of at least 4 members (excludes halogenated alkanes) is 3. The van der Waals surface area contributed by atoms with E-state index in [9.17, 15) is 9.59 Å². The molecule has 0 bridgehead atoms. The lowest BCUT2D eigenvalue weighted by Gasteiger charge is -2.05. The fourth-order valence-corrected chi connectivity index (χ4v) is 3.78. The second-order valence-corrected chi connectivity index (χ2v) is 6.83. The van der Waals surface area contributed by atoms with Crippen molar-refractivity contribution in [1.82, 2.24) is 5.32 Å². The van der Waals surface area contributed by atoms with E-state index in [0.29, 0.717) is 19.6 Å². The summed E-state index contributed by atoms with van der Waals surface area (Å²) in [5.41, 5.74) is 1.06. The second kappa shape index (κ2) is 9.42. The van der Waals surface area contributed by atoms with Gasteiger partial charge in [0.15, 0.2) is 0 Å². The Kier molecular flexibility index (Phi) is 7.25. The van der Waals surface area contributed by atoms with Gasteiger partial charge in [-0.25, -0.2) is 0 Å². The summed E-state index contributed by atoms with van der Waals surface area (Å²) >= 11 is 1.55. The van der Waals surface area contributed by atoms with Crippen molar-refractivity contribution >= 4 is 33.3 Å². The van der Waals surface area contributed by atoms with Gasteiger partial charge >= 0.3 is 5.97 Å². The molecule has 0 aliphatic rings. The second-order valence-electron chi connectivity index (χ2n) is 5.78. The lowest BCUT2D eigenvalue weighted by atomic mass is 10.1. The number of esters is 1. The van der Waals surface area contributed by atoms with E-state index < -0.39 is 0 Å². The molecule has 5 heteroatoms. The fraction of sp³-hybridized carbons (Fsp3) is 0.474. The first-order chi connectivity index (χ1) is 11.6. The zero-order valence-corrected chi connectivity index (χ0v) is 15.2. The molecule has 0 aliphatic carbocycles. The van der Waals surface area contributed by atoms with Crippen LogP contribution in [0.2, 0.25) is 0 Å². The molecule has 2 aromatic rings. The Labute approximate surface area is 147 Å². The molecule has 1 amide bonds. The van der Waals surface area contributed by atoms with Crippen molar-refractivity contribution in [2.24, 2.45) is 0 Å². The van der Waals surface area contributed by atoms with Gasteiger partial charge in [0, 0.05) is 17.7 Å². The summed E-state index contributed by atoms with van der Waals surface area (Å²) in [5.74, 6) is -0.105. The number of hydrogen-bond donors (Lipinski definition) is 1. The standard InChI is InChI=1S/C19H25NO3S/c1-3-23-17(21)12-6-4-5-9-13-20-19(22)18-14(2)15-10-7-8-11-16(15)24-18/h7-8,10-11H,3-6,9,12-13H2,1-2H3,(H,20,22). The first-order valence-electron chi connectivity index (χ1n) is 8.55. The third-order valence-corrected chi connectivity index (χ3v) is 5.22. The SMILES string of the molecule is CCOC(=O)CCCCCCNC(=O)c1sc2ccccc2c1C. The number of hydrogen-bond acceptors (Lipinski definition) is 4. The summed E-state index contributed by atoms with van der Waals surface area (Å²) in [6, 6.07) is 8.10. The molecule has 4 nitrogen and oxygen atoms in total. The quantitative estimate of drug-likeness (QED) is 0.538. The van der Waals surface area contributed by atoms with Crippen molar-refractivity contribution in [2.75, 3.05) is 13.2 Å². The van der Waals surface area contributed by atoms with Gasteiger partial charge in [-0.2, -0.15) is 0 Å². The predicted molar refractivity (Wildman–Crippen MR) is 98.6 cm³/mol. The molecule has 0 aliphatic heterocycles. The van der Waals surface area contributed by atoms with Crippen molar-refractivity contribution in [2.45, 2.75) is 46.0 Å². The van der Waals surface area contributed by atoms with Crippen LogP contribution in [0.25, 0.3) is 10.1 Å². The maximum atomic E-state index is 12.3. The van der Waals surface area contributed by atoms with Gasteiger partial charge in [0.2, 0.25) is 0 Å². The Morgan fingerprint density at radius 1 is 1.12 bits per heavy atom. The van der Waals surface area contributed by atoms with Gasteiger partial charge in [0.25, 0.3) is 5.91 Å². The van der Waals surface area contributed by atoms with Crippen LogP contribution in [0.3, 0.4) is 0 Å². The van der Waals surface area contributed by atoms with Crippen molar-refractivity contribution < 1.29 is 14.3 Å². The summed E-state index contributed by atoms with van der Waals surface area (Å²) in [4.78, 5) is 24.3. The molecule has 1 N–H and O–H groups in total. The molecule has 0 fully saturated rings. The minimum atomic E-state index is -0.119. The summed E-state index contributed by atoms with van der Waals surface area (Å²) in [7, 11) is 0. The average molecular weight is 347 g/mol. The van der Waals surface area contributed by atoms with Crippen LogP contribution < -0.4 is 5.32 Å². The maximum Gasteiger partial charge on any atom is 0.305 e. The van der Waals surface area contributed by atoms with Crippen LogP contribution in [-0.2, 0) is 9.53 Å². The van der Waals surface area contributed by atoms with Crippen molar-refractivity contribution in [3.8, 4) is 0 Å². The number of carbonyl (C=O) groups is 2. The van der Waals surface area contributed by atoms with Crippen LogP contribution in [0.1, 0.15) is 54.3 Å². The van der Waals surface area contributed by atoms with E-state index in [1.54, 1.807) is 11.3 Å². The Morgan fingerprint density at radius 3 is 2.62 bits per heavy atom. The van der Waals surface area contributed by atoms with Crippen LogP contribution in [0.5, 0.6) is 0 Å². The number of rotatable bonds is 9. The number of nitrogens with one attached hydrogen (secondary N) is 1. The van der Waals surface area contributed by atoms with E-state index in [4.69, 9.17) is 4.74 Å². The first-order valence-corrected chi connectivity index (χ1v) is 9.37. The normalized spacial score (nSPS) is 10.8. The van der Waals surface area contributed by atoms with Crippen LogP contribution in [-0.4, -0.2) is 25.0 Å². The topological polar surface area (TPSA) is 55.4 Å². The Hall–Kier alpha value is -1.88. The van der Waals surface area contributed by atoms with Crippen LogP contribution in [0.15, 0.2) is 24.3 Å². The molecule has 0 saturated carbocycles. The Morgan fingerprint density at radius 2 is 1.88 bits per heavy atom. The van der Waals surface area contributed by atoms with Crippen LogP contribution in [0, 0.1) is 6.92 Å². The molecule has 0 atom stereocenters. The van der Waals surface area contributed by atoms with E-state index in [2.05, 4.69) is 11.4 Å². The summed E-state index contributed by atoms with van der Waals surface area (Å²) in [6.45, 7) is 4.94. The summed E-state index contributed by atoms with van der Waals surface area (Å²) in [6.07, 6.45) is 4.25. The summed E-state index contributed by atoms with van der Waals surface area (Å²) in [5, 5.41) is 4.16. The minimum absolute atomic E-state index is 0.0141. The van der Waals surface area contributed by atoms with Crippen molar-refractivity contribution in [1.29, 1.82) is 0 Å². The van der Waals surface area contributed by atoms with E-state index in [-0.39, 0.29) is 11.9 Å². The molecule has 130 valence electrons.